The van der Waals surface area contributed by atoms with E-state index in [2.05, 4.69) is 12.2 Å². The summed E-state index contributed by atoms with van der Waals surface area (Å²) in [5, 5.41) is 7.77. The monoisotopic (exact) mass is 297 g/mol. The van der Waals surface area contributed by atoms with E-state index in [4.69, 9.17) is 5.14 Å². The van der Waals surface area contributed by atoms with E-state index >= 15 is 0 Å². The Hall–Kier alpha value is -1.60. The smallest absolute Gasteiger partial charge is 0.321 e. The van der Waals surface area contributed by atoms with Gasteiger partial charge in [-0.25, -0.2) is 18.4 Å². The second kappa shape index (κ2) is 5.80. The fourth-order valence-electron chi connectivity index (χ4n) is 2.17. The van der Waals surface area contributed by atoms with E-state index in [9.17, 15) is 13.2 Å². The van der Waals surface area contributed by atoms with Gasteiger partial charge in [0.25, 0.3) is 0 Å². The van der Waals surface area contributed by atoms with Crippen molar-refractivity contribution in [1.29, 1.82) is 0 Å². The molecule has 20 heavy (non-hydrogen) atoms. The molecule has 3 N–H and O–H groups in total. The van der Waals surface area contributed by atoms with E-state index in [0.29, 0.717) is 11.6 Å². The van der Waals surface area contributed by atoms with Crippen molar-refractivity contribution in [2.45, 2.75) is 24.7 Å². The minimum atomic E-state index is -3.76. The zero-order chi connectivity index (χ0) is 14.8. The van der Waals surface area contributed by atoms with Crippen molar-refractivity contribution >= 4 is 21.7 Å². The summed E-state index contributed by atoms with van der Waals surface area (Å²) in [6.45, 7) is 3.62. The van der Waals surface area contributed by atoms with Gasteiger partial charge in [0.15, 0.2) is 0 Å². The fraction of sp³-hybridized carbons (Fsp3) is 0.462. The summed E-state index contributed by atoms with van der Waals surface area (Å²) in [6, 6.07) is 5.74. The first-order valence-electron chi connectivity index (χ1n) is 6.55. The molecule has 1 aliphatic rings. The van der Waals surface area contributed by atoms with E-state index in [1.54, 1.807) is 17.0 Å². The number of carbonyl (C=O) groups is 1. The van der Waals surface area contributed by atoms with Gasteiger partial charge in [-0.3, -0.25) is 0 Å². The lowest BCUT2D eigenvalue weighted by atomic mass is 10.00. The Balaban J connectivity index is 2.05. The lowest BCUT2D eigenvalue weighted by molar-refractivity contribution is 0.186. The predicted octanol–water partition coefficient (Wildman–Crippen LogP) is 1.60. The van der Waals surface area contributed by atoms with E-state index in [1.165, 1.54) is 12.1 Å². The number of anilines is 1. The maximum Gasteiger partial charge on any atom is 0.321 e. The zero-order valence-electron chi connectivity index (χ0n) is 11.4. The first kappa shape index (κ1) is 14.8. The van der Waals surface area contributed by atoms with Crippen LogP contribution in [-0.4, -0.2) is 32.4 Å². The van der Waals surface area contributed by atoms with Crippen LogP contribution in [0.2, 0.25) is 0 Å². The highest BCUT2D eigenvalue weighted by Crippen LogP contribution is 2.18. The highest BCUT2D eigenvalue weighted by molar-refractivity contribution is 7.89. The van der Waals surface area contributed by atoms with Gasteiger partial charge in [0.2, 0.25) is 10.0 Å². The molecule has 0 unspecified atom stereocenters. The molecule has 0 aliphatic carbocycles. The van der Waals surface area contributed by atoms with E-state index in [-0.39, 0.29) is 10.9 Å². The van der Waals surface area contributed by atoms with Crippen molar-refractivity contribution in [3.05, 3.63) is 24.3 Å². The summed E-state index contributed by atoms with van der Waals surface area (Å²) in [4.78, 5) is 13.8. The molecular formula is C13H19N3O3S. The van der Waals surface area contributed by atoms with Gasteiger partial charge in [0.05, 0.1) is 4.90 Å². The van der Waals surface area contributed by atoms with Gasteiger partial charge < -0.3 is 10.2 Å². The van der Waals surface area contributed by atoms with Crippen molar-refractivity contribution in [2.75, 3.05) is 18.4 Å². The minimum Gasteiger partial charge on any atom is -0.325 e. The van der Waals surface area contributed by atoms with Crippen LogP contribution in [0.25, 0.3) is 0 Å². The number of piperidine rings is 1. The highest BCUT2D eigenvalue weighted by Gasteiger charge is 2.20. The predicted molar refractivity (Wildman–Crippen MR) is 76.8 cm³/mol. The zero-order valence-corrected chi connectivity index (χ0v) is 12.2. The largest absolute Gasteiger partial charge is 0.325 e. The van der Waals surface area contributed by atoms with Crippen LogP contribution < -0.4 is 10.5 Å². The van der Waals surface area contributed by atoms with Gasteiger partial charge in [-0.05, 0) is 37.0 Å². The molecule has 7 heteroatoms. The number of rotatable bonds is 2. The van der Waals surface area contributed by atoms with Crippen LogP contribution in [0, 0.1) is 5.92 Å². The van der Waals surface area contributed by atoms with Crippen LogP contribution in [0.1, 0.15) is 19.8 Å². The number of carbonyl (C=O) groups excluding carboxylic acids is 1. The first-order valence-corrected chi connectivity index (χ1v) is 8.09. The Morgan fingerprint density at radius 1 is 1.35 bits per heavy atom. The number of hydrogen-bond acceptors (Lipinski definition) is 3. The van der Waals surface area contributed by atoms with Crippen molar-refractivity contribution in [3.8, 4) is 0 Å². The van der Waals surface area contributed by atoms with Crippen molar-refractivity contribution < 1.29 is 13.2 Å². The molecule has 110 valence electrons. The van der Waals surface area contributed by atoms with Crippen molar-refractivity contribution in [1.82, 2.24) is 4.90 Å². The molecule has 1 aromatic rings. The molecule has 6 nitrogen and oxygen atoms in total. The van der Waals surface area contributed by atoms with Crippen molar-refractivity contribution in [3.63, 3.8) is 0 Å². The third-order valence-electron chi connectivity index (χ3n) is 3.48. The van der Waals surface area contributed by atoms with Crippen LogP contribution >= 0.6 is 0 Å². The molecule has 1 saturated heterocycles. The maximum absolute atomic E-state index is 12.1. The molecular weight excluding hydrogens is 278 g/mol. The third-order valence-corrected chi connectivity index (χ3v) is 4.40. The van der Waals surface area contributed by atoms with Gasteiger partial charge >= 0.3 is 6.03 Å². The standard InChI is InChI=1S/C13H19N3O3S/c1-10-5-7-16(8-6-10)13(17)15-11-3-2-4-12(9-11)20(14,18)19/h2-4,9-10H,5-8H2,1H3,(H,15,17)(H2,14,18,19). The lowest BCUT2D eigenvalue weighted by Crippen LogP contribution is -2.40. The van der Waals surface area contributed by atoms with Crippen LogP contribution in [0.4, 0.5) is 10.5 Å². The number of nitrogens with zero attached hydrogens (tertiary/aromatic N) is 1. The van der Waals surface area contributed by atoms with Crippen LogP contribution in [0.5, 0.6) is 0 Å². The molecule has 0 radical (unpaired) electrons. The molecule has 1 heterocycles. The number of likely N-dealkylation sites (tertiary alicyclic amines) is 1. The van der Waals surface area contributed by atoms with Gasteiger partial charge in [0.1, 0.15) is 0 Å². The van der Waals surface area contributed by atoms with Crippen molar-refractivity contribution in [2.24, 2.45) is 11.1 Å². The molecule has 0 saturated carbocycles. The third kappa shape index (κ3) is 3.71. The summed E-state index contributed by atoms with van der Waals surface area (Å²) in [5.74, 6) is 0.643. The number of nitrogens with one attached hydrogen (secondary N) is 1. The Morgan fingerprint density at radius 2 is 2.00 bits per heavy atom. The summed E-state index contributed by atoms with van der Waals surface area (Å²) >= 11 is 0. The van der Waals surface area contributed by atoms with E-state index in [0.717, 1.165) is 25.9 Å². The van der Waals surface area contributed by atoms with Gasteiger partial charge in [0, 0.05) is 18.8 Å². The molecule has 0 spiro atoms. The number of nitrogens with two attached hydrogens (primary N) is 1. The SMILES string of the molecule is CC1CCN(C(=O)Nc2cccc(S(N)(=O)=O)c2)CC1. The number of sulfonamides is 1. The Kier molecular flexibility index (Phi) is 4.29. The second-order valence-corrected chi connectivity index (χ2v) is 6.73. The van der Waals surface area contributed by atoms with Gasteiger partial charge in [-0.2, -0.15) is 0 Å². The second-order valence-electron chi connectivity index (χ2n) is 5.17. The number of amides is 2. The fourth-order valence-corrected chi connectivity index (χ4v) is 2.72. The maximum atomic E-state index is 12.1. The normalized spacial score (nSPS) is 17.0. The number of urea groups is 1. The van der Waals surface area contributed by atoms with Crippen LogP contribution in [0.15, 0.2) is 29.2 Å². The van der Waals surface area contributed by atoms with Gasteiger partial charge in [-0.15, -0.1) is 0 Å². The highest BCUT2D eigenvalue weighted by atomic mass is 32.2. The molecule has 2 amide bonds. The molecule has 1 fully saturated rings. The molecule has 0 bridgehead atoms. The number of benzene rings is 1. The van der Waals surface area contributed by atoms with E-state index in [1.807, 2.05) is 0 Å². The summed E-state index contributed by atoms with van der Waals surface area (Å²) < 4.78 is 22.5. The average Bonchev–Trinajstić information content (AvgIpc) is 2.38. The summed E-state index contributed by atoms with van der Waals surface area (Å²) in [7, 11) is -3.76. The Labute approximate surface area is 119 Å². The number of primary sulfonamides is 1. The lowest BCUT2D eigenvalue weighted by Gasteiger charge is -2.30. The van der Waals surface area contributed by atoms with Crippen LogP contribution in [0.3, 0.4) is 0 Å². The summed E-state index contributed by atoms with van der Waals surface area (Å²) in [5.41, 5.74) is 0.431. The molecule has 0 atom stereocenters. The van der Waals surface area contributed by atoms with Crippen LogP contribution in [-0.2, 0) is 10.0 Å². The quantitative estimate of drug-likeness (QED) is 0.868. The van der Waals surface area contributed by atoms with E-state index < -0.39 is 10.0 Å². The number of hydrogen-bond donors (Lipinski definition) is 2. The Bertz CT molecular complexity index is 593. The minimum absolute atomic E-state index is 0.0115. The summed E-state index contributed by atoms with van der Waals surface area (Å²) in [6.07, 6.45) is 1.98. The molecule has 1 aliphatic heterocycles. The molecule has 2 rings (SSSR count). The topological polar surface area (TPSA) is 92.5 Å². The Morgan fingerprint density at radius 3 is 2.60 bits per heavy atom. The molecule has 0 aromatic heterocycles. The average molecular weight is 297 g/mol. The first-order chi connectivity index (χ1) is 9.36. The molecule has 1 aromatic carbocycles. The van der Waals surface area contributed by atoms with Gasteiger partial charge in [-0.1, -0.05) is 13.0 Å².